The quantitative estimate of drug-likeness (QED) is 0.649. The fourth-order valence-corrected chi connectivity index (χ4v) is 3.17. The van der Waals surface area contributed by atoms with Gasteiger partial charge in [0.15, 0.2) is 0 Å². The number of carbonyl (C=O) groups excluding carboxylic acids is 1. The van der Waals surface area contributed by atoms with Gasteiger partial charge in [-0.05, 0) is 24.3 Å². The number of piperazine rings is 1. The lowest BCUT2D eigenvalue weighted by molar-refractivity contribution is -0.183. The van der Waals surface area contributed by atoms with Gasteiger partial charge in [-0.2, -0.15) is 18.3 Å². The van der Waals surface area contributed by atoms with Crippen molar-refractivity contribution in [1.29, 1.82) is 0 Å². The molecule has 0 saturated carbocycles. The summed E-state index contributed by atoms with van der Waals surface area (Å²) in [7, 11) is 1.54. The van der Waals surface area contributed by atoms with Crippen molar-refractivity contribution in [2.45, 2.75) is 12.2 Å². The fraction of sp³-hybridized carbons (Fsp3) is 0.444. The average Bonchev–Trinajstić information content (AvgIpc) is 3.18. The summed E-state index contributed by atoms with van der Waals surface area (Å²) < 4.78 is 45.5. The van der Waals surface area contributed by atoms with Gasteiger partial charge < -0.3 is 15.4 Å². The second kappa shape index (κ2) is 9.95. The van der Waals surface area contributed by atoms with Crippen molar-refractivity contribution in [3.8, 4) is 17.0 Å². The number of benzene rings is 1. The molecule has 11 heteroatoms. The second-order valence-electron chi connectivity index (χ2n) is 6.44. The number of hydrogen-bond acceptors (Lipinski definition) is 5. The molecule has 3 rings (SSSR count). The molecule has 1 aromatic heterocycles. The Bertz CT molecular complexity index is 792. The highest BCUT2D eigenvalue weighted by Gasteiger charge is 2.43. The molecule has 1 amide bonds. The second-order valence-corrected chi connectivity index (χ2v) is 6.44. The molecule has 0 aliphatic carbocycles. The maximum Gasteiger partial charge on any atom is 0.405 e. The fourth-order valence-electron chi connectivity index (χ4n) is 3.17. The van der Waals surface area contributed by atoms with E-state index in [1.165, 1.54) is 11.1 Å². The summed E-state index contributed by atoms with van der Waals surface area (Å²) in [6.45, 7) is 1.02. The van der Waals surface area contributed by atoms with Crippen LogP contribution in [0.3, 0.4) is 0 Å². The number of hydrogen-bond donors (Lipinski definition) is 3. The van der Waals surface area contributed by atoms with Gasteiger partial charge in [0.1, 0.15) is 11.8 Å². The summed E-state index contributed by atoms with van der Waals surface area (Å²) in [4.78, 5) is 13.9. The van der Waals surface area contributed by atoms with Crippen LogP contribution in [-0.2, 0) is 0 Å². The smallest absolute Gasteiger partial charge is 0.405 e. The molecule has 1 aliphatic rings. The van der Waals surface area contributed by atoms with Crippen LogP contribution in [0.5, 0.6) is 5.75 Å². The number of nitrogens with one attached hydrogen (secondary N) is 3. The number of halogens is 4. The molecule has 3 N–H and O–H groups in total. The van der Waals surface area contributed by atoms with E-state index in [2.05, 4.69) is 20.8 Å². The van der Waals surface area contributed by atoms with Gasteiger partial charge >= 0.3 is 6.18 Å². The number of aromatic amines is 1. The topological polar surface area (TPSA) is 82.3 Å². The molecule has 1 fully saturated rings. The van der Waals surface area contributed by atoms with Gasteiger partial charge in [0.2, 0.25) is 0 Å². The Kier molecular flexibility index (Phi) is 7.88. The van der Waals surface area contributed by atoms with Crippen molar-refractivity contribution >= 4 is 18.3 Å². The van der Waals surface area contributed by atoms with Crippen LogP contribution in [0.4, 0.5) is 13.2 Å². The molecule has 29 heavy (non-hydrogen) atoms. The Morgan fingerprint density at radius 3 is 2.52 bits per heavy atom. The molecule has 160 valence electrons. The Morgan fingerprint density at radius 1 is 1.28 bits per heavy atom. The maximum absolute atomic E-state index is 13.5. The number of methoxy groups -OCH3 is 1. The number of aromatic nitrogens is 2. The maximum atomic E-state index is 13.5. The van der Waals surface area contributed by atoms with Gasteiger partial charge in [-0.25, -0.2) is 0 Å². The van der Waals surface area contributed by atoms with E-state index in [9.17, 15) is 18.0 Å². The lowest BCUT2D eigenvalue weighted by Crippen LogP contribution is -2.57. The Hall–Kier alpha value is -2.30. The van der Waals surface area contributed by atoms with Gasteiger partial charge in [0.25, 0.3) is 5.91 Å². The van der Waals surface area contributed by atoms with Crippen LogP contribution in [0.25, 0.3) is 11.3 Å². The zero-order chi connectivity index (χ0) is 20.1. The molecule has 1 aliphatic heterocycles. The first-order chi connectivity index (χ1) is 13.4. The highest BCUT2D eigenvalue weighted by Crippen LogP contribution is 2.26. The van der Waals surface area contributed by atoms with E-state index in [0.29, 0.717) is 30.1 Å². The Morgan fingerprint density at radius 2 is 1.93 bits per heavy atom. The van der Waals surface area contributed by atoms with Gasteiger partial charge in [-0.15, -0.1) is 12.4 Å². The molecule has 0 spiro atoms. The first-order valence-corrected chi connectivity index (χ1v) is 8.87. The third kappa shape index (κ3) is 5.62. The number of rotatable bonds is 6. The van der Waals surface area contributed by atoms with E-state index >= 15 is 0 Å². The molecule has 1 unspecified atom stereocenters. The molecule has 7 nitrogen and oxygen atoms in total. The predicted molar refractivity (Wildman–Crippen MR) is 104 cm³/mol. The third-order valence-electron chi connectivity index (χ3n) is 4.69. The standard InChI is InChI=1S/C18H22F3N5O2.ClH/c1-28-13-4-2-12(3-5-13)16-14(10-24-25-16)17(27)23-11-15(18(19,20)21)26-8-6-22-7-9-26;/h2-5,10,15,22H,6-9,11H2,1H3,(H,23,27)(H,24,25);1H. The van der Waals surface area contributed by atoms with Crippen LogP contribution in [0, 0.1) is 0 Å². The minimum absolute atomic E-state index is 0. The van der Waals surface area contributed by atoms with Crippen LogP contribution in [0.15, 0.2) is 30.5 Å². The van der Waals surface area contributed by atoms with Crippen molar-refractivity contribution in [2.75, 3.05) is 39.8 Å². The molecule has 1 aromatic carbocycles. The number of H-pyrrole nitrogens is 1. The highest BCUT2D eigenvalue weighted by molar-refractivity contribution is 5.99. The van der Waals surface area contributed by atoms with Gasteiger partial charge in [-0.3, -0.25) is 14.8 Å². The van der Waals surface area contributed by atoms with E-state index in [4.69, 9.17) is 4.74 Å². The molecular weight excluding hydrogens is 411 g/mol. The summed E-state index contributed by atoms with van der Waals surface area (Å²) >= 11 is 0. The molecule has 1 atom stereocenters. The van der Waals surface area contributed by atoms with E-state index in [0.717, 1.165) is 0 Å². The summed E-state index contributed by atoms with van der Waals surface area (Å²) in [6, 6.07) is 5.20. The first-order valence-electron chi connectivity index (χ1n) is 8.87. The number of alkyl halides is 3. The largest absolute Gasteiger partial charge is 0.497 e. The van der Waals surface area contributed by atoms with Gasteiger partial charge in [0.05, 0.1) is 24.6 Å². The van der Waals surface area contributed by atoms with Gasteiger partial charge in [-0.1, -0.05) is 0 Å². The van der Waals surface area contributed by atoms with Crippen LogP contribution < -0.4 is 15.4 Å². The summed E-state index contributed by atoms with van der Waals surface area (Å²) in [5.41, 5.74) is 1.30. The zero-order valence-electron chi connectivity index (χ0n) is 15.8. The lowest BCUT2D eigenvalue weighted by Gasteiger charge is -2.35. The average molecular weight is 434 g/mol. The number of amides is 1. The number of ether oxygens (including phenoxy) is 1. The zero-order valence-corrected chi connectivity index (χ0v) is 16.6. The Labute approximate surface area is 172 Å². The SMILES string of the molecule is COc1ccc(-c2[nH]ncc2C(=O)NCC(N2CCNCC2)C(F)(F)F)cc1.Cl. The highest BCUT2D eigenvalue weighted by atomic mass is 35.5. The molecule has 2 aromatic rings. The van der Waals surface area contributed by atoms with Crippen LogP contribution in [0.2, 0.25) is 0 Å². The molecule has 1 saturated heterocycles. The van der Waals surface area contributed by atoms with Crippen LogP contribution in [-0.4, -0.2) is 73.1 Å². The van der Waals surface area contributed by atoms with Crippen molar-refractivity contribution in [1.82, 2.24) is 25.7 Å². The monoisotopic (exact) mass is 433 g/mol. The predicted octanol–water partition coefficient (Wildman–Crippen LogP) is 2.07. The van der Waals surface area contributed by atoms with E-state index in [1.807, 2.05) is 0 Å². The van der Waals surface area contributed by atoms with E-state index in [1.54, 1.807) is 31.4 Å². The van der Waals surface area contributed by atoms with Crippen LogP contribution >= 0.6 is 12.4 Å². The lowest BCUT2D eigenvalue weighted by atomic mass is 10.1. The molecule has 2 heterocycles. The van der Waals surface area contributed by atoms with Crippen molar-refractivity contribution in [2.24, 2.45) is 0 Å². The van der Waals surface area contributed by atoms with Gasteiger partial charge in [0, 0.05) is 38.3 Å². The minimum Gasteiger partial charge on any atom is -0.497 e. The third-order valence-corrected chi connectivity index (χ3v) is 4.69. The normalized spacial score (nSPS) is 16.0. The number of nitrogens with zero attached hydrogens (tertiary/aromatic N) is 2. The van der Waals surface area contributed by atoms with Crippen molar-refractivity contribution < 1.29 is 22.7 Å². The number of carbonyl (C=O) groups is 1. The van der Waals surface area contributed by atoms with Crippen molar-refractivity contribution in [3.05, 3.63) is 36.0 Å². The van der Waals surface area contributed by atoms with E-state index in [-0.39, 0.29) is 31.1 Å². The Balaban J connectivity index is 0.00000300. The summed E-state index contributed by atoms with van der Waals surface area (Å²) in [5.74, 6) is 0.0438. The molecule has 0 radical (unpaired) electrons. The van der Waals surface area contributed by atoms with Crippen LogP contribution in [0.1, 0.15) is 10.4 Å². The minimum atomic E-state index is -4.43. The molecule has 0 bridgehead atoms. The summed E-state index contributed by atoms with van der Waals surface area (Å²) in [6.07, 6.45) is -3.12. The molecular formula is C18H23ClF3N5O2. The van der Waals surface area contributed by atoms with Crippen molar-refractivity contribution in [3.63, 3.8) is 0 Å². The first kappa shape index (κ1) is 23.0. The van der Waals surface area contributed by atoms with E-state index < -0.39 is 24.7 Å². The summed E-state index contributed by atoms with van der Waals surface area (Å²) in [5, 5.41) is 12.0.